The van der Waals surface area contributed by atoms with E-state index in [0.29, 0.717) is 43.3 Å². The monoisotopic (exact) mass is 470 g/mol. The van der Waals surface area contributed by atoms with Crippen LogP contribution in [0.25, 0.3) is 11.0 Å². The lowest BCUT2D eigenvalue weighted by Crippen LogP contribution is -2.38. The molecule has 0 aliphatic carbocycles. The Kier molecular flexibility index (Phi) is 6.44. The summed E-state index contributed by atoms with van der Waals surface area (Å²) in [5.41, 5.74) is 2.69. The molecule has 0 fully saturated rings. The molecule has 0 radical (unpaired) electrons. The van der Waals surface area contributed by atoms with E-state index < -0.39 is 11.7 Å². The van der Waals surface area contributed by atoms with E-state index in [1.54, 1.807) is 20.1 Å². The van der Waals surface area contributed by atoms with Crippen LogP contribution in [-0.4, -0.2) is 58.3 Å². The molecular weight excluding hydrogens is 439 g/mol. The van der Waals surface area contributed by atoms with Gasteiger partial charge in [0.05, 0.1) is 29.0 Å². The number of aromatic nitrogens is 4. The fourth-order valence-corrected chi connectivity index (χ4v) is 4.59. The van der Waals surface area contributed by atoms with Gasteiger partial charge in [0, 0.05) is 44.3 Å². The Morgan fingerprint density at radius 2 is 2.09 bits per heavy atom. The van der Waals surface area contributed by atoms with Crippen LogP contribution in [0.2, 0.25) is 0 Å². The highest BCUT2D eigenvalue weighted by atomic mass is 19.1. The second-order valence-electron chi connectivity index (χ2n) is 9.14. The molecule has 1 aliphatic heterocycles. The van der Waals surface area contributed by atoms with Crippen LogP contribution in [0, 0.1) is 18.2 Å². The maximum Gasteiger partial charge on any atom is 0.279 e. The van der Waals surface area contributed by atoms with Crippen LogP contribution in [0.15, 0.2) is 12.1 Å². The number of hydrogen-bond donors (Lipinski definition) is 1. The number of halogens is 1. The van der Waals surface area contributed by atoms with Gasteiger partial charge < -0.3 is 14.2 Å². The van der Waals surface area contributed by atoms with Crippen molar-refractivity contribution in [3.05, 3.63) is 34.9 Å². The number of rotatable bonds is 8. The molecule has 0 saturated carbocycles. The predicted octanol–water partition coefficient (Wildman–Crippen LogP) is 3.65. The molecule has 1 atom stereocenters. The summed E-state index contributed by atoms with van der Waals surface area (Å²) in [6, 6.07) is 3.56. The van der Waals surface area contributed by atoms with Gasteiger partial charge in [0.2, 0.25) is 5.95 Å². The molecule has 4 rings (SSSR count). The van der Waals surface area contributed by atoms with Crippen molar-refractivity contribution in [2.45, 2.75) is 47.2 Å². The van der Waals surface area contributed by atoms with E-state index in [2.05, 4.69) is 34.1 Å². The van der Waals surface area contributed by atoms with Gasteiger partial charge >= 0.3 is 0 Å². The van der Waals surface area contributed by atoms with Gasteiger partial charge in [-0.1, -0.05) is 13.8 Å². The van der Waals surface area contributed by atoms with E-state index in [1.165, 1.54) is 11.6 Å². The Labute approximate surface area is 197 Å². The molecule has 182 valence electrons. The van der Waals surface area contributed by atoms with Crippen LogP contribution in [0.4, 0.5) is 16.0 Å². The summed E-state index contributed by atoms with van der Waals surface area (Å²) in [5, 5.41) is 6.93. The van der Waals surface area contributed by atoms with Crippen molar-refractivity contribution >= 4 is 34.9 Å². The number of benzene rings is 1. The summed E-state index contributed by atoms with van der Waals surface area (Å²) in [7, 11) is 1.66. The molecule has 34 heavy (non-hydrogen) atoms. The number of aldehydes is 1. The number of carbonyl (C=O) groups is 2. The molecule has 1 aromatic carbocycles. The third kappa shape index (κ3) is 4.06. The molecule has 10 heteroatoms. The van der Waals surface area contributed by atoms with E-state index >= 15 is 0 Å². The molecule has 3 heterocycles. The van der Waals surface area contributed by atoms with E-state index in [1.807, 2.05) is 10.6 Å². The van der Waals surface area contributed by atoms with Gasteiger partial charge in [0.25, 0.3) is 5.91 Å². The third-order valence-electron chi connectivity index (χ3n) is 6.65. The summed E-state index contributed by atoms with van der Waals surface area (Å²) in [6.07, 6.45) is 1.68. The van der Waals surface area contributed by atoms with Crippen LogP contribution in [0.1, 0.15) is 53.7 Å². The van der Waals surface area contributed by atoms with Gasteiger partial charge in [-0.2, -0.15) is 5.10 Å². The zero-order valence-electron chi connectivity index (χ0n) is 20.3. The number of imidazole rings is 1. The van der Waals surface area contributed by atoms with E-state index in [-0.39, 0.29) is 16.8 Å². The van der Waals surface area contributed by atoms with Crippen molar-refractivity contribution < 1.29 is 18.7 Å². The first-order valence-corrected chi connectivity index (χ1v) is 11.5. The number of ether oxygens (including phenoxy) is 1. The number of carbonyl (C=O) groups excluding carboxylic acids is 2. The molecule has 1 N–H and O–H groups in total. The maximum atomic E-state index is 14.7. The Hall–Kier alpha value is -3.27. The standard InChI is InChI=1S/C24H31FN6O3/c1-6-24(4)13-29(8-9-34-5)18-11-16(12-32)10-17-20(18)30(14-24)23(26-17)27-22(33)21-19(25)15(3)28-31(21)7-2/h10-12H,6-9,13-14H2,1-5H3,(H,26,27,33)/t24-/m1/s1. The van der Waals surface area contributed by atoms with E-state index in [0.717, 1.165) is 30.5 Å². The maximum absolute atomic E-state index is 14.7. The highest BCUT2D eigenvalue weighted by Gasteiger charge is 2.34. The minimum Gasteiger partial charge on any atom is -0.383 e. The van der Waals surface area contributed by atoms with E-state index in [4.69, 9.17) is 4.74 Å². The molecule has 2 aromatic heterocycles. The van der Waals surface area contributed by atoms with Gasteiger partial charge in [-0.05, 0) is 32.4 Å². The van der Waals surface area contributed by atoms with Gasteiger partial charge in [-0.3, -0.25) is 19.6 Å². The molecule has 0 spiro atoms. The fourth-order valence-electron chi connectivity index (χ4n) is 4.59. The summed E-state index contributed by atoms with van der Waals surface area (Å²) >= 11 is 0. The fraction of sp³-hybridized carbons (Fsp3) is 0.500. The Morgan fingerprint density at radius 3 is 2.74 bits per heavy atom. The third-order valence-corrected chi connectivity index (χ3v) is 6.65. The zero-order chi connectivity index (χ0) is 24.6. The van der Waals surface area contributed by atoms with Crippen LogP contribution in [0.5, 0.6) is 0 Å². The number of aryl methyl sites for hydroxylation is 2. The number of nitrogens with zero attached hydrogens (tertiary/aromatic N) is 5. The van der Waals surface area contributed by atoms with Crippen molar-refractivity contribution in [2.24, 2.45) is 5.41 Å². The lowest BCUT2D eigenvalue weighted by atomic mass is 9.87. The first kappa shape index (κ1) is 23.9. The number of methoxy groups -OCH3 is 1. The number of anilines is 2. The second-order valence-corrected chi connectivity index (χ2v) is 9.14. The lowest BCUT2D eigenvalue weighted by Gasteiger charge is -2.34. The molecule has 1 amide bonds. The van der Waals surface area contributed by atoms with Crippen LogP contribution >= 0.6 is 0 Å². The number of nitrogens with one attached hydrogen (secondary N) is 1. The van der Waals surface area contributed by atoms with E-state index in [9.17, 15) is 14.0 Å². The Bertz CT molecular complexity index is 1250. The van der Waals surface area contributed by atoms with Crippen molar-refractivity contribution in [3.8, 4) is 0 Å². The number of hydrogen-bond acceptors (Lipinski definition) is 6. The van der Waals surface area contributed by atoms with Crippen LogP contribution in [0.3, 0.4) is 0 Å². The SMILES string of the molecule is CCn1nc(C)c(F)c1C(=O)Nc1nc2cc(C=O)cc3c2n1C[C@](C)(CC)CN3CCOC. The highest BCUT2D eigenvalue weighted by molar-refractivity contribution is 6.04. The molecule has 0 bridgehead atoms. The quantitative estimate of drug-likeness (QED) is 0.505. The molecule has 3 aromatic rings. The first-order chi connectivity index (χ1) is 16.2. The first-order valence-electron chi connectivity index (χ1n) is 11.5. The molecule has 0 saturated heterocycles. The van der Waals surface area contributed by atoms with Gasteiger partial charge in [-0.15, -0.1) is 0 Å². The van der Waals surface area contributed by atoms with Crippen molar-refractivity contribution in [2.75, 3.05) is 37.0 Å². The second kappa shape index (κ2) is 9.17. The molecule has 0 unspecified atom stereocenters. The van der Waals surface area contributed by atoms with Crippen molar-refractivity contribution in [1.82, 2.24) is 19.3 Å². The minimum absolute atomic E-state index is 0.123. The van der Waals surface area contributed by atoms with Gasteiger partial charge in [0.15, 0.2) is 11.5 Å². The average molecular weight is 471 g/mol. The summed E-state index contributed by atoms with van der Waals surface area (Å²) in [6.45, 7) is 10.5. The molecule has 1 aliphatic rings. The van der Waals surface area contributed by atoms with Crippen molar-refractivity contribution in [3.63, 3.8) is 0 Å². The summed E-state index contributed by atoms with van der Waals surface area (Å²) in [5.74, 6) is -0.930. The minimum atomic E-state index is -0.639. The van der Waals surface area contributed by atoms with Gasteiger partial charge in [0.1, 0.15) is 6.29 Å². The average Bonchev–Trinajstić information content (AvgIpc) is 3.26. The molecular formula is C24H31FN6O3. The smallest absolute Gasteiger partial charge is 0.279 e. The highest BCUT2D eigenvalue weighted by Crippen LogP contribution is 2.39. The largest absolute Gasteiger partial charge is 0.383 e. The normalized spacial score (nSPS) is 17.8. The molecule has 9 nitrogen and oxygen atoms in total. The van der Waals surface area contributed by atoms with Crippen molar-refractivity contribution in [1.29, 1.82) is 0 Å². The number of amides is 1. The van der Waals surface area contributed by atoms with Crippen LogP contribution in [-0.2, 0) is 17.8 Å². The lowest BCUT2D eigenvalue weighted by molar-refractivity contribution is 0.101. The van der Waals surface area contributed by atoms with Gasteiger partial charge in [-0.25, -0.2) is 9.37 Å². The van der Waals surface area contributed by atoms with Crippen LogP contribution < -0.4 is 10.2 Å². The summed E-state index contributed by atoms with van der Waals surface area (Å²) < 4.78 is 23.4. The topological polar surface area (TPSA) is 94.3 Å². The Morgan fingerprint density at radius 1 is 1.32 bits per heavy atom. The zero-order valence-corrected chi connectivity index (χ0v) is 20.3. The summed E-state index contributed by atoms with van der Waals surface area (Å²) in [4.78, 5) is 31.8. The predicted molar refractivity (Wildman–Crippen MR) is 128 cm³/mol. The Balaban J connectivity index is 1.87.